The van der Waals surface area contributed by atoms with Crippen LogP contribution in [0.2, 0.25) is 0 Å². The summed E-state index contributed by atoms with van der Waals surface area (Å²) in [5.74, 6) is 1.73. The Hall–Kier alpha value is -1.86. The average molecular weight is 290 g/mol. The van der Waals surface area contributed by atoms with Crippen molar-refractivity contribution in [1.29, 1.82) is 0 Å². The molecule has 1 amide bonds. The molecule has 1 aliphatic carbocycles. The van der Waals surface area contributed by atoms with Crippen molar-refractivity contribution < 1.29 is 14.3 Å². The van der Waals surface area contributed by atoms with Gasteiger partial charge in [-0.05, 0) is 31.4 Å². The molecule has 7 heteroatoms. The summed E-state index contributed by atoms with van der Waals surface area (Å²) in [5, 5.41) is 2.74. The highest BCUT2D eigenvalue weighted by atomic mass is 16.5. The molecule has 3 heterocycles. The summed E-state index contributed by atoms with van der Waals surface area (Å²) in [6.45, 7) is 0.562. The van der Waals surface area contributed by atoms with Gasteiger partial charge in [-0.3, -0.25) is 4.79 Å². The molecule has 0 radical (unpaired) electrons. The molecule has 3 aliphatic rings. The van der Waals surface area contributed by atoms with E-state index in [2.05, 4.69) is 15.2 Å². The van der Waals surface area contributed by atoms with Crippen molar-refractivity contribution in [3.8, 4) is 5.75 Å². The zero-order valence-corrected chi connectivity index (χ0v) is 11.6. The monoisotopic (exact) mass is 290 g/mol. The summed E-state index contributed by atoms with van der Waals surface area (Å²) >= 11 is 0. The summed E-state index contributed by atoms with van der Waals surface area (Å²) in [5.41, 5.74) is 6.00. The number of carbonyl (C=O) groups excluding carboxylic acids is 1. The predicted molar refractivity (Wildman–Crippen MR) is 76.2 cm³/mol. The fraction of sp³-hybridized carbons (Fsp3) is 0.571. The van der Waals surface area contributed by atoms with E-state index in [-0.39, 0.29) is 24.7 Å². The van der Waals surface area contributed by atoms with E-state index in [1.807, 2.05) is 12.1 Å². The van der Waals surface area contributed by atoms with Gasteiger partial charge in [-0.1, -0.05) is 0 Å². The van der Waals surface area contributed by atoms with Crippen molar-refractivity contribution in [1.82, 2.24) is 4.98 Å². The van der Waals surface area contributed by atoms with E-state index >= 15 is 0 Å². The molecule has 3 atom stereocenters. The van der Waals surface area contributed by atoms with Crippen LogP contribution in [-0.2, 0) is 9.53 Å². The van der Waals surface area contributed by atoms with Gasteiger partial charge in [-0.15, -0.1) is 0 Å². The molecule has 1 aromatic heterocycles. The van der Waals surface area contributed by atoms with Crippen LogP contribution in [0.1, 0.15) is 19.3 Å². The van der Waals surface area contributed by atoms with Crippen LogP contribution in [0.4, 0.5) is 11.6 Å². The number of nitrogens with two attached hydrogens (primary N) is 1. The molecule has 0 spiro atoms. The maximum atomic E-state index is 11.4. The predicted octanol–water partition coefficient (Wildman–Crippen LogP) is 0.455. The van der Waals surface area contributed by atoms with Crippen LogP contribution in [0, 0.1) is 0 Å². The number of nitrogens with one attached hydrogen (secondary N) is 1. The number of aromatic nitrogens is 1. The summed E-state index contributed by atoms with van der Waals surface area (Å²) in [6.07, 6.45) is 3.09. The van der Waals surface area contributed by atoms with Crippen molar-refractivity contribution in [3.05, 3.63) is 12.1 Å². The lowest BCUT2D eigenvalue weighted by Crippen LogP contribution is -2.44. The van der Waals surface area contributed by atoms with Crippen molar-refractivity contribution in [2.75, 3.05) is 23.6 Å². The second-order valence-electron chi connectivity index (χ2n) is 5.80. The molecule has 1 saturated carbocycles. The van der Waals surface area contributed by atoms with Gasteiger partial charge in [-0.25, -0.2) is 4.98 Å². The highest BCUT2D eigenvalue weighted by molar-refractivity contribution is 5.94. The number of hydrogen-bond acceptors (Lipinski definition) is 6. The Morgan fingerprint density at radius 2 is 2.29 bits per heavy atom. The zero-order valence-electron chi connectivity index (χ0n) is 11.6. The lowest BCUT2D eigenvalue weighted by molar-refractivity contribution is -0.118. The van der Waals surface area contributed by atoms with Gasteiger partial charge in [-0.2, -0.15) is 0 Å². The van der Waals surface area contributed by atoms with E-state index < -0.39 is 0 Å². The number of nitrogens with zero attached hydrogens (tertiary/aromatic N) is 2. The Morgan fingerprint density at radius 3 is 3.19 bits per heavy atom. The number of amides is 1. The van der Waals surface area contributed by atoms with E-state index in [9.17, 15) is 4.79 Å². The first kappa shape index (κ1) is 12.8. The fourth-order valence-electron chi connectivity index (χ4n) is 3.30. The van der Waals surface area contributed by atoms with Crippen LogP contribution >= 0.6 is 0 Å². The Balaban J connectivity index is 1.59. The number of pyridine rings is 1. The zero-order chi connectivity index (χ0) is 14.4. The number of fused-ring (bicyclic) bond motifs is 2. The molecule has 21 heavy (non-hydrogen) atoms. The van der Waals surface area contributed by atoms with E-state index in [0.29, 0.717) is 24.3 Å². The van der Waals surface area contributed by atoms with Crippen LogP contribution in [0.15, 0.2) is 12.1 Å². The average Bonchev–Trinajstić information content (AvgIpc) is 2.89. The third kappa shape index (κ3) is 2.22. The fourth-order valence-corrected chi connectivity index (χ4v) is 3.30. The molecule has 4 rings (SSSR count). The normalized spacial score (nSPS) is 31.2. The van der Waals surface area contributed by atoms with Gasteiger partial charge in [0.2, 0.25) is 0 Å². The molecule has 0 unspecified atom stereocenters. The highest BCUT2D eigenvalue weighted by Gasteiger charge is 2.40. The SMILES string of the molecule is N[C@H]1CC[C@H]2[C@@H](C1)OCN2c1ccc2c(n1)NC(=O)CO2. The lowest BCUT2D eigenvalue weighted by Gasteiger charge is -2.33. The summed E-state index contributed by atoms with van der Waals surface area (Å²) in [7, 11) is 0. The van der Waals surface area contributed by atoms with Gasteiger partial charge < -0.3 is 25.4 Å². The summed E-state index contributed by atoms with van der Waals surface area (Å²) in [4.78, 5) is 18.1. The van der Waals surface area contributed by atoms with Crippen molar-refractivity contribution in [2.45, 2.75) is 37.5 Å². The van der Waals surface area contributed by atoms with E-state index in [4.69, 9.17) is 15.2 Å². The van der Waals surface area contributed by atoms with Crippen LogP contribution in [0.25, 0.3) is 0 Å². The molecule has 0 aromatic carbocycles. The molecule has 112 valence electrons. The second-order valence-corrected chi connectivity index (χ2v) is 5.80. The Labute approximate surface area is 122 Å². The minimum atomic E-state index is -0.175. The van der Waals surface area contributed by atoms with Gasteiger partial charge in [0.05, 0.1) is 12.1 Å². The molecule has 3 N–H and O–H groups in total. The largest absolute Gasteiger partial charge is 0.480 e. The Morgan fingerprint density at radius 1 is 1.38 bits per heavy atom. The van der Waals surface area contributed by atoms with Gasteiger partial charge in [0.1, 0.15) is 12.5 Å². The molecule has 7 nitrogen and oxygen atoms in total. The topological polar surface area (TPSA) is 89.7 Å². The smallest absolute Gasteiger partial charge is 0.263 e. The number of anilines is 2. The minimum absolute atomic E-state index is 0.0451. The molecule has 1 aromatic rings. The van der Waals surface area contributed by atoms with Crippen molar-refractivity contribution >= 4 is 17.5 Å². The van der Waals surface area contributed by atoms with Gasteiger partial charge >= 0.3 is 0 Å². The van der Waals surface area contributed by atoms with Gasteiger partial charge in [0.25, 0.3) is 5.91 Å². The van der Waals surface area contributed by atoms with Crippen LogP contribution in [0.3, 0.4) is 0 Å². The molecule has 2 aliphatic heterocycles. The van der Waals surface area contributed by atoms with Crippen LogP contribution in [0.5, 0.6) is 5.75 Å². The minimum Gasteiger partial charge on any atom is -0.480 e. The number of carbonyl (C=O) groups is 1. The maximum absolute atomic E-state index is 11.4. The highest BCUT2D eigenvalue weighted by Crippen LogP contribution is 2.35. The van der Waals surface area contributed by atoms with E-state index in [1.54, 1.807) is 0 Å². The van der Waals surface area contributed by atoms with Crippen LogP contribution in [-0.4, -0.2) is 42.4 Å². The first-order chi connectivity index (χ1) is 10.2. The third-order valence-corrected chi connectivity index (χ3v) is 4.38. The standard InChI is InChI=1S/C14H18N4O3/c15-8-1-2-9-11(5-8)21-7-18(9)12-4-3-10-14(16-12)17-13(19)6-20-10/h3-4,8-9,11H,1-2,5-7,15H2,(H,16,17,19)/t8-,9-,11+/m0/s1. The summed E-state index contributed by atoms with van der Waals surface area (Å²) < 4.78 is 11.2. The van der Waals surface area contributed by atoms with Crippen molar-refractivity contribution in [2.24, 2.45) is 5.73 Å². The van der Waals surface area contributed by atoms with E-state index in [1.165, 1.54) is 0 Å². The van der Waals surface area contributed by atoms with Crippen LogP contribution < -0.4 is 20.7 Å². The molecular formula is C14H18N4O3. The number of ether oxygens (including phenoxy) is 2. The van der Waals surface area contributed by atoms with E-state index in [0.717, 1.165) is 25.1 Å². The summed E-state index contributed by atoms with van der Waals surface area (Å²) in [6, 6.07) is 4.31. The Bertz CT molecular complexity index is 579. The van der Waals surface area contributed by atoms with Gasteiger partial charge in [0.15, 0.2) is 18.2 Å². The number of hydrogen-bond donors (Lipinski definition) is 2. The maximum Gasteiger partial charge on any atom is 0.263 e. The van der Waals surface area contributed by atoms with Gasteiger partial charge in [0, 0.05) is 6.04 Å². The molecule has 2 fully saturated rings. The first-order valence-electron chi connectivity index (χ1n) is 7.28. The molecule has 0 bridgehead atoms. The number of rotatable bonds is 1. The lowest BCUT2D eigenvalue weighted by atomic mass is 9.89. The Kier molecular flexibility index (Phi) is 2.97. The quantitative estimate of drug-likeness (QED) is 0.781. The third-order valence-electron chi connectivity index (χ3n) is 4.38. The van der Waals surface area contributed by atoms with Crippen molar-refractivity contribution in [3.63, 3.8) is 0 Å². The molecule has 1 saturated heterocycles. The first-order valence-corrected chi connectivity index (χ1v) is 7.28. The molecular weight excluding hydrogens is 272 g/mol. The second kappa shape index (κ2) is 4.85.